The van der Waals surface area contributed by atoms with Gasteiger partial charge in [-0.3, -0.25) is 0 Å². The Hall–Kier alpha value is -1.35. The summed E-state index contributed by atoms with van der Waals surface area (Å²) in [6.07, 6.45) is 3.16. The molecule has 13 heavy (non-hydrogen) atoms. The van der Waals surface area contributed by atoms with Crippen LogP contribution in [0.4, 0.5) is 5.69 Å². The molecule has 2 N–H and O–H groups in total. The van der Waals surface area contributed by atoms with Gasteiger partial charge in [-0.2, -0.15) is 0 Å². The van der Waals surface area contributed by atoms with E-state index in [1.807, 2.05) is 13.0 Å². The molecule has 2 rings (SSSR count). The lowest BCUT2D eigenvalue weighted by atomic mass is 10.1. The van der Waals surface area contributed by atoms with Crippen LogP contribution in [0.5, 0.6) is 0 Å². The number of nitrogens with two attached hydrogens (primary N) is 1. The molecule has 0 atom stereocenters. The molecule has 0 saturated carbocycles. The zero-order chi connectivity index (χ0) is 9.42. The number of nitrogens with zero attached hydrogens (tertiary/aromatic N) is 2. The maximum atomic E-state index is 6.03. The summed E-state index contributed by atoms with van der Waals surface area (Å²) >= 11 is 6.03. The Balaban J connectivity index is 2.94. The lowest BCUT2D eigenvalue weighted by molar-refractivity contribution is 1.22. The number of hydrogen-bond donors (Lipinski definition) is 1. The molecule has 4 heteroatoms. The van der Waals surface area contributed by atoms with Crippen LogP contribution in [-0.2, 0) is 0 Å². The second-order valence-electron chi connectivity index (χ2n) is 2.88. The van der Waals surface area contributed by atoms with Gasteiger partial charge in [0.05, 0.1) is 16.2 Å². The molecule has 0 fully saturated rings. The number of aromatic nitrogens is 2. The van der Waals surface area contributed by atoms with Gasteiger partial charge in [-0.1, -0.05) is 11.6 Å². The molecule has 3 nitrogen and oxygen atoms in total. The van der Waals surface area contributed by atoms with Gasteiger partial charge in [-0.05, 0) is 18.6 Å². The van der Waals surface area contributed by atoms with Gasteiger partial charge >= 0.3 is 0 Å². The topological polar surface area (TPSA) is 51.8 Å². The molecule has 0 aliphatic carbocycles. The number of nitrogen functional groups attached to an aromatic ring is 1. The van der Waals surface area contributed by atoms with Crippen LogP contribution in [0.25, 0.3) is 10.9 Å². The molecule has 0 unspecified atom stereocenters. The van der Waals surface area contributed by atoms with E-state index in [1.165, 1.54) is 6.33 Å². The van der Waals surface area contributed by atoms with Crippen molar-refractivity contribution in [1.82, 2.24) is 9.97 Å². The highest BCUT2D eigenvalue weighted by atomic mass is 35.5. The highest BCUT2D eigenvalue weighted by Crippen LogP contribution is 2.30. The molecule has 0 aliphatic rings. The lowest BCUT2D eigenvalue weighted by Gasteiger charge is -2.05. The van der Waals surface area contributed by atoms with Crippen LogP contribution < -0.4 is 5.73 Å². The van der Waals surface area contributed by atoms with E-state index in [0.29, 0.717) is 10.7 Å². The fourth-order valence-corrected chi connectivity index (χ4v) is 1.52. The minimum atomic E-state index is 0.538. The molecule has 1 aromatic heterocycles. The van der Waals surface area contributed by atoms with Crippen LogP contribution in [0.2, 0.25) is 5.02 Å². The average molecular weight is 194 g/mol. The largest absolute Gasteiger partial charge is 0.397 e. The molecule has 1 heterocycles. The van der Waals surface area contributed by atoms with E-state index >= 15 is 0 Å². The number of anilines is 1. The standard InChI is InChI=1S/C9H8ClN3/c1-5-2-7-6(3-12-4-13-7)8(10)9(5)11/h2-4H,11H2,1H3. The van der Waals surface area contributed by atoms with Crippen LogP contribution in [0, 0.1) is 6.92 Å². The van der Waals surface area contributed by atoms with Gasteiger partial charge in [0, 0.05) is 11.6 Å². The van der Waals surface area contributed by atoms with Gasteiger partial charge in [0.25, 0.3) is 0 Å². The van der Waals surface area contributed by atoms with E-state index in [1.54, 1.807) is 6.20 Å². The number of benzene rings is 1. The molecule has 1 aromatic carbocycles. The second kappa shape index (κ2) is 2.85. The summed E-state index contributed by atoms with van der Waals surface area (Å²) in [6, 6.07) is 1.90. The Labute approximate surface area is 80.6 Å². The van der Waals surface area contributed by atoms with Crippen molar-refractivity contribution < 1.29 is 0 Å². The van der Waals surface area contributed by atoms with Crippen molar-refractivity contribution in [3.8, 4) is 0 Å². The van der Waals surface area contributed by atoms with Gasteiger partial charge in [-0.15, -0.1) is 0 Å². The van der Waals surface area contributed by atoms with Crippen molar-refractivity contribution in [2.75, 3.05) is 5.73 Å². The minimum Gasteiger partial charge on any atom is -0.397 e. The maximum Gasteiger partial charge on any atom is 0.116 e. The summed E-state index contributed by atoms with van der Waals surface area (Å²) in [7, 11) is 0. The second-order valence-corrected chi connectivity index (χ2v) is 3.25. The fourth-order valence-electron chi connectivity index (χ4n) is 1.22. The summed E-state index contributed by atoms with van der Waals surface area (Å²) in [4.78, 5) is 7.99. The number of halogens is 1. The summed E-state index contributed by atoms with van der Waals surface area (Å²) in [5.74, 6) is 0. The van der Waals surface area contributed by atoms with Crippen LogP contribution >= 0.6 is 11.6 Å². The highest BCUT2D eigenvalue weighted by molar-refractivity contribution is 6.38. The van der Waals surface area contributed by atoms with Gasteiger partial charge in [0.2, 0.25) is 0 Å². The zero-order valence-electron chi connectivity index (χ0n) is 7.08. The van der Waals surface area contributed by atoms with Crippen molar-refractivity contribution >= 4 is 28.2 Å². The molecule has 0 radical (unpaired) electrons. The number of hydrogen-bond acceptors (Lipinski definition) is 3. The van der Waals surface area contributed by atoms with Gasteiger partial charge in [0.15, 0.2) is 0 Å². The van der Waals surface area contributed by atoms with E-state index < -0.39 is 0 Å². The van der Waals surface area contributed by atoms with Crippen LogP contribution in [0.3, 0.4) is 0 Å². The van der Waals surface area contributed by atoms with Crippen molar-refractivity contribution in [2.45, 2.75) is 6.92 Å². The average Bonchev–Trinajstić information content (AvgIpc) is 2.15. The summed E-state index contributed by atoms with van der Waals surface area (Å²) in [5, 5.41) is 1.34. The smallest absolute Gasteiger partial charge is 0.116 e. The Kier molecular flexibility index (Phi) is 1.81. The van der Waals surface area contributed by atoms with Crippen LogP contribution in [0.1, 0.15) is 5.56 Å². The highest BCUT2D eigenvalue weighted by Gasteiger charge is 2.06. The molecule has 2 aromatic rings. The molecule has 66 valence electrons. The maximum absolute atomic E-state index is 6.03. The fraction of sp³-hybridized carbons (Fsp3) is 0.111. The van der Waals surface area contributed by atoms with Crippen molar-refractivity contribution in [3.63, 3.8) is 0 Å². The first kappa shape index (κ1) is 8.26. The third-order valence-corrected chi connectivity index (χ3v) is 2.40. The molecule has 0 amide bonds. The van der Waals surface area contributed by atoms with E-state index in [2.05, 4.69) is 9.97 Å². The SMILES string of the molecule is Cc1cc2ncncc2c(Cl)c1N. The van der Waals surface area contributed by atoms with Crippen molar-refractivity contribution in [2.24, 2.45) is 0 Å². The van der Waals surface area contributed by atoms with Gasteiger partial charge < -0.3 is 5.73 Å². The number of fused-ring (bicyclic) bond motifs is 1. The van der Waals surface area contributed by atoms with Gasteiger partial charge in [-0.25, -0.2) is 9.97 Å². The first-order chi connectivity index (χ1) is 6.20. The predicted molar refractivity (Wildman–Crippen MR) is 53.7 cm³/mol. The normalized spacial score (nSPS) is 10.6. The molecule has 0 aliphatic heterocycles. The third-order valence-electron chi connectivity index (χ3n) is 1.99. The van der Waals surface area contributed by atoms with E-state index in [-0.39, 0.29) is 0 Å². The molecular weight excluding hydrogens is 186 g/mol. The molecule has 0 saturated heterocycles. The Morgan fingerprint density at radius 2 is 2.23 bits per heavy atom. The number of rotatable bonds is 0. The lowest BCUT2D eigenvalue weighted by Crippen LogP contribution is -1.93. The monoisotopic (exact) mass is 193 g/mol. The van der Waals surface area contributed by atoms with Crippen molar-refractivity contribution in [1.29, 1.82) is 0 Å². The quantitative estimate of drug-likeness (QED) is 0.653. The van der Waals surface area contributed by atoms with E-state index in [4.69, 9.17) is 17.3 Å². The van der Waals surface area contributed by atoms with Crippen LogP contribution in [0.15, 0.2) is 18.6 Å². The predicted octanol–water partition coefficient (Wildman–Crippen LogP) is 2.17. The first-order valence-electron chi connectivity index (χ1n) is 3.84. The number of aryl methyl sites for hydroxylation is 1. The Bertz CT molecular complexity index is 468. The molecule has 0 bridgehead atoms. The van der Waals surface area contributed by atoms with Gasteiger partial charge in [0.1, 0.15) is 6.33 Å². The van der Waals surface area contributed by atoms with Crippen molar-refractivity contribution in [3.05, 3.63) is 29.2 Å². The summed E-state index contributed by atoms with van der Waals surface area (Å²) in [5.41, 5.74) is 8.13. The van der Waals surface area contributed by atoms with E-state index in [9.17, 15) is 0 Å². The first-order valence-corrected chi connectivity index (χ1v) is 4.22. The zero-order valence-corrected chi connectivity index (χ0v) is 7.84. The summed E-state index contributed by atoms with van der Waals surface area (Å²) < 4.78 is 0. The molecule has 0 spiro atoms. The molecular formula is C9H8ClN3. The van der Waals surface area contributed by atoms with E-state index in [0.717, 1.165) is 16.5 Å². The minimum absolute atomic E-state index is 0.538. The third kappa shape index (κ3) is 1.21. The summed E-state index contributed by atoms with van der Waals surface area (Å²) in [6.45, 7) is 1.91. The Morgan fingerprint density at radius 1 is 1.46 bits per heavy atom. The Morgan fingerprint density at radius 3 is 3.00 bits per heavy atom. The van der Waals surface area contributed by atoms with Crippen LogP contribution in [-0.4, -0.2) is 9.97 Å².